The van der Waals surface area contributed by atoms with Crippen molar-refractivity contribution in [1.29, 1.82) is 0 Å². The number of carbonyl (C=O) groups is 1. The summed E-state index contributed by atoms with van der Waals surface area (Å²) >= 11 is 5.92. The van der Waals surface area contributed by atoms with Gasteiger partial charge in [-0.05, 0) is 49.1 Å². The molecule has 0 saturated carbocycles. The molecule has 0 radical (unpaired) electrons. The van der Waals surface area contributed by atoms with Crippen LogP contribution < -0.4 is 10.1 Å². The van der Waals surface area contributed by atoms with Gasteiger partial charge in [0.25, 0.3) is 5.91 Å². The van der Waals surface area contributed by atoms with Crippen molar-refractivity contribution in [3.05, 3.63) is 58.6 Å². The number of benzene rings is 2. The molecule has 2 aromatic rings. The molecule has 1 amide bonds. The minimum atomic E-state index is -4.53. The van der Waals surface area contributed by atoms with Gasteiger partial charge in [-0.2, -0.15) is 13.2 Å². The van der Waals surface area contributed by atoms with E-state index in [9.17, 15) is 18.0 Å². The Hall–Kier alpha value is -2.21. The van der Waals surface area contributed by atoms with Crippen molar-refractivity contribution in [2.75, 3.05) is 5.32 Å². The second-order valence-electron chi connectivity index (χ2n) is 6.29. The summed E-state index contributed by atoms with van der Waals surface area (Å²) in [6.45, 7) is 5.63. The van der Waals surface area contributed by atoms with Crippen LogP contribution in [0.25, 0.3) is 0 Å². The van der Waals surface area contributed by atoms with Gasteiger partial charge < -0.3 is 10.1 Å². The van der Waals surface area contributed by atoms with E-state index < -0.39 is 23.8 Å². The molecule has 1 N–H and O–H groups in total. The zero-order valence-corrected chi connectivity index (χ0v) is 16.0. The smallest absolute Gasteiger partial charge is 0.416 e. The summed E-state index contributed by atoms with van der Waals surface area (Å²) in [5, 5.41) is 2.43. The molecule has 27 heavy (non-hydrogen) atoms. The van der Waals surface area contributed by atoms with Gasteiger partial charge in [-0.1, -0.05) is 43.6 Å². The summed E-state index contributed by atoms with van der Waals surface area (Å²) in [6, 6.07) is 10.2. The number of alkyl halides is 3. The van der Waals surface area contributed by atoms with Crippen LogP contribution in [0.15, 0.2) is 42.5 Å². The average Bonchev–Trinajstić information content (AvgIpc) is 2.62. The molecule has 2 atom stereocenters. The van der Waals surface area contributed by atoms with Crippen LogP contribution in [0.3, 0.4) is 0 Å². The molecule has 0 aliphatic carbocycles. The summed E-state index contributed by atoms with van der Waals surface area (Å²) < 4.78 is 44.3. The van der Waals surface area contributed by atoms with Gasteiger partial charge in [0.05, 0.1) is 16.3 Å². The van der Waals surface area contributed by atoms with Crippen molar-refractivity contribution in [3.8, 4) is 5.75 Å². The van der Waals surface area contributed by atoms with Crippen LogP contribution in [0.2, 0.25) is 5.02 Å². The first-order valence-corrected chi connectivity index (χ1v) is 8.94. The molecule has 0 saturated heterocycles. The molecule has 7 heteroatoms. The Morgan fingerprint density at radius 3 is 2.48 bits per heavy atom. The fraction of sp³-hybridized carbons (Fsp3) is 0.350. The molecule has 2 aromatic carbocycles. The highest BCUT2D eigenvalue weighted by Crippen LogP contribution is 2.34. The Kier molecular flexibility index (Phi) is 6.76. The molecule has 3 nitrogen and oxygen atoms in total. The first-order valence-electron chi connectivity index (χ1n) is 8.56. The van der Waals surface area contributed by atoms with E-state index >= 15 is 0 Å². The third-order valence-corrected chi connectivity index (χ3v) is 4.62. The maximum Gasteiger partial charge on any atom is 0.416 e. The number of rotatable bonds is 6. The highest BCUT2D eigenvalue weighted by atomic mass is 35.5. The molecular formula is C20H21ClF3NO2. The van der Waals surface area contributed by atoms with Crippen molar-refractivity contribution in [1.82, 2.24) is 0 Å². The maximum atomic E-state index is 12.9. The molecule has 146 valence electrons. The number of amides is 1. The number of hydrogen-bond donors (Lipinski definition) is 1. The molecule has 0 heterocycles. The number of anilines is 1. The number of ether oxygens (including phenoxy) is 1. The second-order valence-corrected chi connectivity index (χ2v) is 6.70. The van der Waals surface area contributed by atoms with E-state index in [0.717, 1.165) is 30.2 Å². The summed E-state index contributed by atoms with van der Waals surface area (Å²) in [5.74, 6) is 0.231. The first-order chi connectivity index (χ1) is 12.6. The molecule has 0 aliphatic heterocycles. The maximum absolute atomic E-state index is 12.9. The van der Waals surface area contributed by atoms with Gasteiger partial charge in [0.15, 0.2) is 6.10 Å². The molecule has 0 spiro atoms. The second kappa shape index (κ2) is 8.65. The molecule has 0 fully saturated rings. The van der Waals surface area contributed by atoms with Crippen LogP contribution >= 0.6 is 11.6 Å². The molecule has 2 unspecified atom stereocenters. The van der Waals surface area contributed by atoms with Gasteiger partial charge in [0.2, 0.25) is 0 Å². The molecule has 2 rings (SSSR count). The largest absolute Gasteiger partial charge is 0.481 e. The lowest BCUT2D eigenvalue weighted by Gasteiger charge is -2.20. The van der Waals surface area contributed by atoms with Gasteiger partial charge >= 0.3 is 6.18 Å². The third-order valence-electron chi connectivity index (χ3n) is 4.29. The average molecular weight is 400 g/mol. The van der Waals surface area contributed by atoms with E-state index in [-0.39, 0.29) is 16.6 Å². The molecule has 0 bridgehead atoms. The lowest BCUT2D eigenvalue weighted by Crippen LogP contribution is -2.30. The SMILES string of the molecule is CCC(C)c1ccccc1OC(C)C(=O)Nc1cc(C(F)(F)F)ccc1Cl. The van der Waals surface area contributed by atoms with E-state index in [4.69, 9.17) is 16.3 Å². The third kappa shape index (κ3) is 5.39. The summed E-state index contributed by atoms with van der Waals surface area (Å²) in [6.07, 6.45) is -4.54. The fourth-order valence-electron chi connectivity index (χ4n) is 2.49. The van der Waals surface area contributed by atoms with Gasteiger partial charge in [-0.25, -0.2) is 0 Å². The van der Waals surface area contributed by atoms with Crippen LogP contribution in [-0.2, 0) is 11.0 Å². The fourth-order valence-corrected chi connectivity index (χ4v) is 2.66. The predicted octanol–water partition coefficient (Wildman–Crippen LogP) is 6.28. The number of nitrogens with one attached hydrogen (secondary N) is 1. The Morgan fingerprint density at radius 1 is 1.19 bits per heavy atom. The topological polar surface area (TPSA) is 38.3 Å². The van der Waals surface area contributed by atoms with Crippen LogP contribution in [0.5, 0.6) is 5.75 Å². The van der Waals surface area contributed by atoms with Crippen molar-refractivity contribution in [3.63, 3.8) is 0 Å². The van der Waals surface area contributed by atoms with Crippen LogP contribution in [0.4, 0.5) is 18.9 Å². The van der Waals surface area contributed by atoms with Gasteiger partial charge in [-0.15, -0.1) is 0 Å². The van der Waals surface area contributed by atoms with E-state index in [1.807, 2.05) is 19.1 Å². The van der Waals surface area contributed by atoms with Gasteiger partial charge in [0, 0.05) is 0 Å². The zero-order chi connectivity index (χ0) is 20.2. The number of para-hydroxylation sites is 1. The van der Waals surface area contributed by atoms with E-state index in [1.54, 1.807) is 12.1 Å². The van der Waals surface area contributed by atoms with Crippen molar-refractivity contribution < 1.29 is 22.7 Å². The summed E-state index contributed by atoms with van der Waals surface area (Å²) in [7, 11) is 0. The monoisotopic (exact) mass is 399 g/mol. The Labute approximate surface area is 161 Å². The minimum Gasteiger partial charge on any atom is -0.481 e. The van der Waals surface area contributed by atoms with Crippen LogP contribution in [0, 0.1) is 0 Å². The molecule has 0 aromatic heterocycles. The van der Waals surface area contributed by atoms with Gasteiger partial charge in [0.1, 0.15) is 5.75 Å². The quantitative estimate of drug-likeness (QED) is 0.620. The van der Waals surface area contributed by atoms with Crippen LogP contribution in [0.1, 0.15) is 44.2 Å². The summed E-state index contributed by atoms with van der Waals surface area (Å²) in [5.41, 5.74) is -0.0307. The van der Waals surface area contributed by atoms with E-state index in [2.05, 4.69) is 12.2 Å². The summed E-state index contributed by atoms with van der Waals surface area (Å²) in [4.78, 5) is 12.4. The van der Waals surface area contributed by atoms with Gasteiger partial charge in [-0.3, -0.25) is 4.79 Å². The van der Waals surface area contributed by atoms with Crippen LogP contribution in [-0.4, -0.2) is 12.0 Å². The lowest BCUT2D eigenvalue weighted by molar-refractivity contribution is -0.137. The predicted molar refractivity (Wildman–Crippen MR) is 100 cm³/mol. The zero-order valence-electron chi connectivity index (χ0n) is 15.2. The minimum absolute atomic E-state index is 0.0172. The first kappa shape index (κ1) is 21.1. The Balaban J connectivity index is 2.16. The standard InChI is InChI=1S/C20H21ClF3NO2/c1-4-12(2)15-7-5-6-8-18(15)27-13(3)19(26)25-17-11-14(20(22,23)24)9-10-16(17)21/h5-13H,4H2,1-3H3,(H,25,26). The molecular weight excluding hydrogens is 379 g/mol. The van der Waals surface area contributed by atoms with E-state index in [0.29, 0.717) is 5.75 Å². The van der Waals surface area contributed by atoms with Crippen molar-refractivity contribution >= 4 is 23.2 Å². The van der Waals surface area contributed by atoms with E-state index in [1.165, 1.54) is 6.92 Å². The molecule has 0 aliphatic rings. The highest BCUT2D eigenvalue weighted by Gasteiger charge is 2.31. The van der Waals surface area contributed by atoms with Crippen molar-refractivity contribution in [2.45, 2.75) is 45.4 Å². The highest BCUT2D eigenvalue weighted by molar-refractivity contribution is 6.33. The number of carbonyl (C=O) groups excluding carboxylic acids is 1. The Morgan fingerprint density at radius 2 is 1.85 bits per heavy atom. The Bertz CT molecular complexity index is 808. The normalized spacial score (nSPS) is 13.7. The van der Waals surface area contributed by atoms with Crippen molar-refractivity contribution in [2.24, 2.45) is 0 Å². The number of halogens is 4. The lowest BCUT2D eigenvalue weighted by atomic mass is 9.98. The number of hydrogen-bond acceptors (Lipinski definition) is 2.